The zero-order valence-electron chi connectivity index (χ0n) is 15.8. The van der Waals surface area contributed by atoms with Crippen LogP contribution in [0, 0.1) is 0 Å². The molecule has 29 heavy (non-hydrogen) atoms. The van der Waals surface area contributed by atoms with Crippen LogP contribution < -0.4 is 10.1 Å². The molecule has 2 aromatic rings. The van der Waals surface area contributed by atoms with Gasteiger partial charge in [-0.15, -0.1) is 0 Å². The highest BCUT2D eigenvalue weighted by Gasteiger charge is 2.28. The summed E-state index contributed by atoms with van der Waals surface area (Å²) in [7, 11) is 0. The van der Waals surface area contributed by atoms with Gasteiger partial charge in [0, 0.05) is 24.9 Å². The second kappa shape index (κ2) is 9.11. The van der Waals surface area contributed by atoms with E-state index in [0.29, 0.717) is 5.56 Å². The Morgan fingerprint density at radius 3 is 2.41 bits per heavy atom. The molecule has 0 spiro atoms. The normalized spacial score (nSPS) is 13.1. The number of ketones is 1. The first kappa shape index (κ1) is 20.9. The Kier molecular flexibility index (Phi) is 6.56. The van der Waals surface area contributed by atoms with Crippen molar-refractivity contribution in [2.75, 3.05) is 6.61 Å². The molecule has 2 aromatic carbocycles. The summed E-state index contributed by atoms with van der Waals surface area (Å²) in [6, 6.07) is 11.8. The number of fused-ring (bicyclic) bond motifs is 1. The molecular weight excluding hydrogens is 383 g/mol. The maximum atomic E-state index is 12.3. The van der Waals surface area contributed by atoms with Crippen LogP contribution in [0.15, 0.2) is 42.5 Å². The van der Waals surface area contributed by atoms with Gasteiger partial charge >= 0.3 is 6.18 Å². The molecule has 0 radical (unpaired) electrons. The number of hydrogen-bond acceptors (Lipinski definition) is 3. The Bertz CT molecular complexity index is 876. The number of nitrogens with one attached hydrogen (secondary N) is 1. The van der Waals surface area contributed by atoms with E-state index < -0.39 is 12.8 Å². The Morgan fingerprint density at radius 2 is 1.69 bits per heavy atom. The minimum atomic E-state index is -4.39. The van der Waals surface area contributed by atoms with Crippen LogP contribution in [0.25, 0.3) is 0 Å². The lowest BCUT2D eigenvalue weighted by molar-refractivity contribution is -0.153. The largest absolute Gasteiger partial charge is 0.484 e. The monoisotopic (exact) mass is 405 g/mol. The van der Waals surface area contributed by atoms with E-state index in [2.05, 4.69) is 10.1 Å². The molecule has 154 valence electrons. The molecule has 0 saturated carbocycles. The zero-order chi connectivity index (χ0) is 20.9. The number of carbonyl (C=O) groups is 2. The van der Waals surface area contributed by atoms with E-state index in [1.54, 1.807) is 12.1 Å². The molecule has 0 aliphatic heterocycles. The summed E-state index contributed by atoms with van der Waals surface area (Å²) in [5.41, 5.74) is 3.90. The van der Waals surface area contributed by atoms with Crippen molar-refractivity contribution in [2.24, 2.45) is 0 Å². The lowest BCUT2D eigenvalue weighted by Gasteiger charge is -2.10. The lowest BCUT2D eigenvalue weighted by atomic mass is 10.0. The van der Waals surface area contributed by atoms with Crippen LogP contribution in [-0.4, -0.2) is 24.5 Å². The molecule has 4 nitrogen and oxygen atoms in total. The topological polar surface area (TPSA) is 55.4 Å². The van der Waals surface area contributed by atoms with E-state index in [9.17, 15) is 22.8 Å². The van der Waals surface area contributed by atoms with Crippen LogP contribution in [0.4, 0.5) is 13.2 Å². The molecule has 0 aromatic heterocycles. The van der Waals surface area contributed by atoms with Crippen molar-refractivity contribution < 1.29 is 27.5 Å². The lowest BCUT2D eigenvalue weighted by Crippen LogP contribution is -2.23. The van der Waals surface area contributed by atoms with Gasteiger partial charge in [0.25, 0.3) is 0 Å². The predicted octanol–water partition coefficient (Wildman–Crippen LogP) is 4.40. The molecule has 0 heterocycles. The number of aryl methyl sites for hydroxylation is 2. The fourth-order valence-electron chi connectivity index (χ4n) is 3.27. The number of alkyl halides is 3. The zero-order valence-corrected chi connectivity index (χ0v) is 15.8. The smallest absolute Gasteiger partial charge is 0.422 e. The maximum Gasteiger partial charge on any atom is 0.422 e. The second-order valence-electron chi connectivity index (χ2n) is 7.08. The van der Waals surface area contributed by atoms with Crippen LogP contribution >= 0.6 is 0 Å². The molecule has 0 unspecified atom stereocenters. The van der Waals surface area contributed by atoms with Gasteiger partial charge in [-0.25, -0.2) is 0 Å². The van der Waals surface area contributed by atoms with Gasteiger partial charge in [-0.05, 0) is 54.2 Å². The highest BCUT2D eigenvalue weighted by molar-refractivity contribution is 5.98. The fraction of sp³-hybridized carbons (Fsp3) is 0.364. The SMILES string of the molecule is O=C(CCC(=O)c1ccc2c(c1)CCC2)NCc1ccc(OCC(F)(F)F)cc1. The molecule has 0 bridgehead atoms. The number of halogens is 3. The van der Waals surface area contributed by atoms with Crippen molar-refractivity contribution >= 4 is 11.7 Å². The van der Waals surface area contributed by atoms with Crippen molar-refractivity contribution in [3.05, 3.63) is 64.7 Å². The molecule has 7 heteroatoms. The average molecular weight is 405 g/mol. The first-order chi connectivity index (χ1) is 13.8. The van der Waals surface area contributed by atoms with Crippen molar-refractivity contribution in [1.82, 2.24) is 5.32 Å². The fourth-order valence-corrected chi connectivity index (χ4v) is 3.27. The van der Waals surface area contributed by atoms with Crippen molar-refractivity contribution in [2.45, 2.75) is 44.8 Å². The molecule has 1 aliphatic rings. The molecule has 0 fully saturated rings. The van der Waals surface area contributed by atoms with Gasteiger partial charge in [-0.2, -0.15) is 13.2 Å². The van der Waals surface area contributed by atoms with Crippen molar-refractivity contribution in [1.29, 1.82) is 0 Å². The van der Waals surface area contributed by atoms with Crippen LogP contribution in [0.1, 0.15) is 46.3 Å². The highest BCUT2D eigenvalue weighted by Crippen LogP contribution is 2.23. The average Bonchev–Trinajstić information content (AvgIpc) is 3.17. The third-order valence-corrected chi connectivity index (χ3v) is 4.82. The molecule has 0 atom stereocenters. The maximum absolute atomic E-state index is 12.3. The van der Waals surface area contributed by atoms with Gasteiger partial charge in [-0.3, -0.25) is 9.59 Å². The Balaban J connectivity index is 1.41. The van der Waals surface area contributed by atoms with E-state index in [1.807, 2.05) is 18.2 Å². The second-order valence-corrected chi connectivity index (χ2v) is 7.08. The van der Waals surface area contributed by atoms with Gasteiger partial charge in [0.05, 0.1) is 0 Å². The minimum absolute atomic E-state index is 0.0546. The molecule has 1 N–H and O–H groups in total. The van der Waals surface area contributed by atoms with Crippen LogP contribution in [0.3, 0.4) is 0 Å². The number of carbonyl (C=O) groups excluding carboxylic acids is 2. The summed E-state index contributed by atoms with van der Waals surface area (Å²) < 4.78 is 41.0. The minimum Gasteiger partial charge on any atom is -0.484 e. The highest BCUT2D eigenvalue weighted by atomic mass is 19.4. The summed E-state index contributed by atoms with van der Waals surface area (Å²) in [6.07, 6.45) is -0.995. The number of Topliss-reactive ketones (excluding diaryl/α,β-unsaturated/α-hetero) is 1. The number of ether oxygens (including phenoxy) is 1. The van der Waals surface area contributed by atoms with E-state index in [0.717, 1.165) is 24.8 Å². The van der Waals surface area contributed by atoms with Gasteiger partial charge in [0.15, 0.2) is 12.4 Å². The molecular formula is C22H22F3NO3. The molecule has 1 amide bonds. The molecule has 0 saturated heterocycles. The first-order valence-corrected chi connectivity index (χ1v) is 9.50. The van der Waals surface area contributed by atoms with E-state index in [4.69, 9.17) is 0 Å². The quantitative estimate of drug-likeness (QED) is 0.663. The Morgan fingerprint density at radius 1 is 0.966 bits per heavy atom. The number of rotatable bonds is 8. The van der Waals surface area contributed by atoms with E-state index >= 15 is 0 Å². The Labute approximate surface area is 167 Å². The third kappa shape index (κ3) is 6.34. The van der Waals surface area contributed by atoms with E-state index in [1.165, 1.54) is 23.3 Å². The van der Waals surface area contributed by atoms with Crippen LogP contribution in [0.2, 0.25) is 0 Å². The summed E-state index contributed by atoms with van der Waals surface area (Å²) in [6.45, 7) is -1.12. The van der Waals surface area contributed by atoms with Gasteiger partial charge in [0.2, 0.25) is 5.91 Å². The van der Waals surface area contributed by atoms with E-state index in [-0.39, 0.29) is 36.8 Å². The summed E-state index contributed by atoms with van der Waals surface area (Å²) >= 11 is 0. The van der Waals surface area contributed by atoms with Crippen molar-refractivity contribution in [3.8, 4) is 5.75 Å². The van der Waals surface area contributed by atoms with Gasteiger partial charge in [0.1, 0.15) is 5.75 Å². The number of benzene rings is 2. The summed E-state index contributed by atoms with van der Waals surface area (Å²) in [4.78, 5) is 24.3. The first-order valence-electron chi connectivity index (χ1n) is 9.50. The van der Waals surface area contributed by atoms with Crippen LogP contribution in [0.5, 0.6) is 5.75 Å². The third-order valence-electron chi connectivity index (χ3n) is 4.82. The standard InChI is InChI=1S/C22H22F3NO3/c23-22(24,25)14-29-19-8-4-15(5-9-19)13-26-21(28)11-10-20(27)18-7-6-16-2-1-3-17(16)12-18/h4-9,12H,1-3,10-11,13-14H2,(H,26,28). The van der Waals surface area contributed by atoms with Crippen molar-refractivity contribution in [3.63, 3.8) is 0 Å². The molecule has 1 aliphatic carbocycles. The summed E-state index contributed by atoms with van der Waals surface area (Å²) in [5, 5.41) is 2.71. The summed E-state index contributed by atoms with van der Waals surface area (Å²) in [5.74, 6) is -0.199. The van der Waals surface area contributed by atoms with Gasteiger partial charge < -0.3 is 10.1 Å². The number of hydrogen-bond donors (Lipinski definition) is 1. The van der Waals surface area contributed by atoms with Crippen LogP contribution in [-0.2, 0) is 24.2 Å². The van der Waals surface area contributed by atoms with Gasteiger partial charge in [-0.1, -0.05) is 24.3 Å². The Hall–Kier alpha value is -2.83. The predicted molar refractivity (Wildman–Crippen MR) is 102 cm³/mol. The molecule has 3 rings (SSSR count). The number of amides is 1.